The molecule has 1 aromatic rings. The van der Waals surface area contributed by atoms with Gasteiger partial charge < -0.3 is 4.74 Å². The molecule has 0 aliphatic carbocycles. The first-order valence-electron chi connectivity index (χ1n) is 7.10. The predicted molar refractivity (Wildman–Crippen MR) is 76.5 cm³/mol. The third-order valence-electron chi connectivity index (χ3n) is 3.37. The Bertz CT molecular complexity index is 439. The van der Waals surface area contributed by atoms with Crippen molar-refractivity contribution in [2.24, 2.45) is 4.99 Å². The molecule has 1 aliphatic heterocycles. The van der Waals surface area contributed by atoms with Crippen LogP contribution >= 0.6 is 0 Å². The molecule has 0 amide bonds. The number of nitrogens with zero attached hydrogens (tertiary/aromatic N) is 1. The van der Waals surface area contributed by atoms with Crippen molar-refractivity contribution in [1.82, 2.24) is 0 Å². The first-order valence-corrected chi connectivity index (χ1v) is 7.10. The highest BCUT2D eigenvalue weighted by molar-refractivity contribution is 6.05. The zero-order valence-corrected chi connectivity index (χ0v) is 11.5. The number of rotatable bonds is 6. The van der Waals surface area contributed by atoms with Crippen LogP contribution in [-0.4, -0.2) is 24.3 Å². The van der Waals surface area contributed by atoms with Crippen LogP contribution in [-0.2, 0) is 9.53 Å². The Hall–Kier alpha value is -1.64. The fourth-order valence-corrected chi connectivity index (χ4v) is 2.25. The van der Waals surface area contributed by atoms with Gasteiger partial charge >= 0.3 is 5.97 Å². The van der Waals surface area contributed by atoms with Crippen LogP contribution in [0.3, 0.4) is 0 Å². The van der Waals surface area contributed by atoms with Crippen molar-refractivity contribution in [1.29, 1.82) is 0 Å². The first kappa shape index (κ1) is 13.8. The van der Waals surface area contributed by atoms with Crippen molar-refractivity contribution in [2.45, 2.75) is 45.1 Å². The van der Waals surface area contributed by atoms with Gasteiger partial charge in [-0.2, -0.15) is 0 Å². The van der Waals surface area contributed by atoms with E-state index in [4.69, 9.17) is 4.74 Å². The average Bonchev–Trinajstić information content (AvgIpc) is 2.46. The number of cyclic esters (lactones) is 1. The number of ether oxygens (including phenoxy) is 1. The maximum absolute atomic E-state index is 11.7. The second kappa shape index (κ2) is 7.07. The van der Waals surface area contributed by atoms with Crippen LogP contribution in [0.15, 0.2) is 35.3 Å². The standard InChI is InChI=1S/C16H21NO2/c1-2-3-4-8-11-14-16(18)19-12-15(17-14)13-9-6-5-7-10-13/h5-7,9-10,14H,2-4,8,11-12H2,1H3. The number of aliphatic imine (C=N–C) groups is 1. The second-order valence-corrected chi connectivity index (χ2v) is 4.91. The van der Waals surface area contributed by atoms with Gasteiger partial charge in [0.05, 0.1) is 5.71 Å². The molecule has 0 radical (unpaired) electrons. The molecule has 3 heteroatoms. The highest BCUT2D eigenvalue weighted by Gasteiger charge is 2.25. The molecule has 102 valence electrons. The smallest absolute Gasteiger partial charge is 0.331 e. The lowest BCUT2D eigenvalue weighted by atomic mass is 10.1. The second-order valence-electron chi connectivity index (χ2n) is 4.91. The van der Waals surface area contributed by atoms with Crippen molar-refractivity contribution in [3.8, 4) is 0 Å². The Morgan fingerprint density at radius 3 is 2.74 bits per heavy atom. The van der Waals surface area contributed by atoms with Gasteiger partial charge in [0.1, 0.15) is 12.6 Å². The number of hydrogen-bond donors (Lipinski definition) is 0. The number of unbranched alkanes of at least 4 members (excludes halogenated alkanes) is 3. The lowest BCUT2D eigenvalue weighted by molar-refractivity contribution is -0.144. The molecule has 0 fully saturated rings. The number of hydrogen-bond acceptors (Lipinski definition) is 3. The lowest BCUT2D eigenvalue weighted by Gasteiger charge is -2.20. The van der Waals surface area contributed by atoms with E-state index in [1.807, 2.05) is 30.3 Å². The molecule has 0 spiro atoms. The van der Waals surface area contributed by atoms with E-state index in [-0.39, 0.29) is 12.0 Å². The minimum absolute atomic E-state index is 0.170. The normalized spacial score (nSPS) is 18.9. The summed E-state index contributed by atoms with van der Waals surface area (Å²) in [5.74, 6) is -0.170. The van der Waals surface area contributed by atoms with E-state index in [1.54, 1.807) is 0 Å². The maximum Gasteiger partial charge on any atom is 0.331 e. The van der Waals surface area contributed by atoms with Gasteiger partial charge in [0.15, 0.2) is 0 Å². The summed E-state index contributed by atoms with van der Waals surface area (Å²) in [4.78, 5) is 16.3. The van der Waals surface area contributed by atoms with Crippen LogP contribution in [0, 0.1) is 0 Å². The Morgan fingerprint density at radius 2 is 2.00 bits per heavy atom. The van der Waals surface area contributed by atoms with Gasteiger partial charge in [-0.25, -0.2) is 4.79 Å². The van der Waals surface area contributed by atoms with Crippen molar-refractivity contribution in [3.63, 3.8) is 0 Å². The van der Waals surface area contributed by atoms with Crippen molar-refractivity contribution in [2.75, 3.05) is 6.61 Å². The summed E-state index contributed by atoms with van der Waals surface area (Å²) >= 11 is 0. The third kappa shape index (κ3) is 3.91. The average molecular weight is 259 g/mol. The number of benzene rings is 1. The summed E-state index contributed by atoms with van der Waals surface area (Å²) < 4.78 is 5.24. The fraction of sp³-hybridized carbons (Fsp3) is 0.500. The van der Waals surface area contributed by atoms with Crippen molar-refractivity contribution >= 4 is 11.7 Å². The van der Waals surface area contributed by atoms with E-state index < -0.39 is 0 Å². The minimum Gasteiger partial charge on any atom is -0.458 e. The summed E-state index contributed by atoms with van der Waals surface area (Å²) in [6, 6.07) is 9.63. The molecular weight excluding hydrogens is 238 g/mol. The Kier molecular flexibility index (Phi) is 5.13. The first-order chi connectivity index (χ1) is 9.31. The maximum atomic E-state index is 11.7. The van der Waals surface area contributed by atoms with Gasteiger partial charge in [-0.05, 0) is 12.0 Å². The molecule has 3 nitrogen and oxygen atoms in total. The highest BCUT2D eigenvalue weighted by Crippen LogP contribution is 2.15. The molecule has 1 atom stereocenters. The summed E-state index contributed by atoms with van der Waals surface area (Å²) in [6.07, 6.45) is 5.43. The molecule has 1 aromatic carbocycles. The van der Waals surface area contributed by atoms with E-state index in [0.29, 0.717) is 6.61 Å². The van der Waals surface area contributed by atoms with Crippen LogP contribution < -0.4 is 0 Å². The largest absolute Gasteiger partial charge is 0.458 e. The zero-order chi connectivity index (χ0) is 13.5. The van der Waals surface area contributed by atoms with E-state index in [0.717, 1.165) is 30.5 Å². The van der Waals surface area contributed by atoms with Crippen molar-refractivity contribution < 1.29 is 9.53 Å². The van der Waals surface area contributed by atoms with Crippen LogP contribution in [0.1, 0.15) is 44.6 Å². The molecule has 0 saturated heterocycles. The van der Waals surface area contributed by atoms with Crippen LogP contribution in [0.25, 0.3) is 0 Å². The zero-order valence-electron chi connectivity index (χ0n) is 11.5. The molecule has 1 aliphatic rings. The fourth-order valence-electron chi connectivity index (χ4n) is 2.25. The van der Waals surface area contributed by atoms with Gasteiger partial charge in [0.2, 0.25) is 0 Å². The highest BCUT2D eigenvalue weighted by atomic mass is 16.5. The topological polar surface area (TPSA) is 38.7 Å². The van der Waals surface area contributed by atoms with Gasteiger partial charge in [-0.3, -0.25) is 4.99 Å². The van der Waals surface area contributed by atoms with E-state index in [9.17, 15) is 4.79 Å². The Balaban J connectivity index is 1.99. The molecule has 0 aromatic heterocycles. The number of carbonyl (C=O) groups is 1. The Morgan fingerprint density at radius 1 is 1.21 bits per heavy atom. The SMILES string of the molecule is CCCCCCC1N=C(c2ccccc2)COC1=O. The molecule has 2 rings (SSSR count). The monoisotopic (exact) mass is 259 g/mol. The summed E-state index contributed by atoms with van der Waals surface area (Å²) in [6.45, 7) is 2.48. The Labute approximate surface area is 114 Å². The summed E-state index contributed by atoms with van der Waals surface area (Å²) in [5, 5.41) is 0. The van der Waals surface area contributed by atoms with Gasteiger partial charge in [-0.15, -0.1) is 0 Å². The van der Waals surface area contributed by atoms with Crippen LogP contribution in [0.4, 0.5) is 0 Å². The van der Waals surface area contributed by atoms with Crippen LogP contribution in [0.5, 0.6) is 0 Å². The van der Waals surface area contributed by atoms with Gasteiger partial charge in [-0.1, -0.05) is 62.9 Å². The molecule has 0 N–H and O–H groups in total. The van der Waals surface area contributed by atoms with E-state index in [2.05, 4.69) is 11.9 Å². The molecule has 1 unspecified atom stereocenters. The quantitative estimate of drug-likeness (QED) is 0.580. The molecule has 19 heavy (non-hydrogen) atoms. The van der Waals surface area contributed by atoms with E-state index >= 15 is 0 Å². The van der Waals surface area contributed by atoms with Crippen molar-refractivity contribution in [3.05, 3.63) is 35.9 Å². The van der Waals surface area contributed by atoms with Crippen LogP contribution in [0.2, 0.25) is 0 Å². The van der Waals surface area contributed by atoms with Gasteiger partial charge in [0.25, 0.3) is 0 Å². The molecule has 1 heterocycles. The summed E-state index contributed by atoms with van der Waals surface area (Å²) in [5.41, 5.74) is 1.94. The lowest BCUT2D eigenvalue weighted by Crippen LogP contribution is -2.31. The number of esters is 1. The number of carbonyl (C=O) groups excluding carboxylic acids is 1. The molecular formula is C16H21NO2. The third-order valence-corrected chi connectivity index (χ3v) is 3.37. The predicted octanol–water partition coefficient (Wildman–Crippen LogP) is 3.37. The van der Waals surface area contributed by atoms with E-state index in [1.165, 1.54) is 12.8 Å². The molecule has 0 bridgehead atoms. The van der Waals surface area contributed by atoms with Gasteiger partial charge in [0, 0.05) is 0 Å². The summed E-state index contributed by atoms with van der Waals surface area (Å²) in [7, 11) is 0. The molecule has 0 saturated carbocycles. The minimum atomic E-state index is -0.305.